The zero-order valence-electron chi connectivity index (χ0n) is 12.8. The number of hydrogen-bond donors (Lipinski definition) is 1. The summed E-state index contributed by atoms with van der Waals surface area (Å²) < 4.78 is 16.3. The molecule has 0 aliphatic rings. The molecule has 1 rings (SSSR count). The Balaban J connectivity index is 2.86. The van der Waals surface area contributed by atoms with Crippen LogP contribution in [0.4, 0.5) is 0 Å². The van der Waals surface area contributed by atoms with Crippen molar-refractivity contribution in [3.8, 4) is 11.5 Å². The van der Waals surface area contributed by atoms with Gasteiger partial charge in [0.05, 0.1) is 25.0 Å². The van der Waals surface area contributed by atoms with Gasteiger partial charge in [0.1, 0.15) is 11.5 Å². The van der Waals surface area contributed by atoms with E-state index in [9.17, 15) is 0 Å². The van der Waals surface area contributed by atoms with Gasteiger partial charge in [-0.3, -0.25) is 0 Å². The summed E-state index contributed by atoms with van der Waals surface area (Å²) in [5, 5.41) is 12.1. The van der Waals surface area contributed by atoms with Gasteiger partial charge in [0.15, 0.2) is 0 Å². The van der Waals surface area contributed by atoms with Crippen LogP contribution in [-0.4, -0.2) is 37.3 Å². The van der Waals surface area contributed by atoms with Crippen LogP contribution < -0.4 is 9.47 Å². The Morgan fingerprint density at radius 3 is 2.55 bits per heavy atom. The van der Waals surface area contributed by atoms with Crippen LogP contribution >= 0.6 is 0 Å². The molecule has 1 N–H and O–H groups in total. The van der Waals surface area contributed by atoms with E-state index < -0.39 is 0 Å². The molecule has 20 heavy (non-hydrogen) atoms. The predicted molar refractivity (Wildman–Crippen MR) is 78.2 cm³/mol. The van der Waals surface area contributed by atoms with E-state index in [-0.39, 0.29) is 5.60 Å². The third-order valence-corrected chi connectivity index (χ3v) is 3.24. The molecular formula is C15H23NO4. The van der Waals surface area contributed by atoms with Crippen molar-refractivity contribution in [3.63, 3.8) is 0 Å². The first-order chi connectivity index (χ1) is 9.43. The highest BCUT2D eigenvalue weighted by atomic mass is 16.5. The van der Waals surface area contributed by atoms with Gasteiger partial charge < -0.3 is 19.4 Å². The maximum Gasteiger partial charge on any atom is 0.132 e. The quantitative estimate of drug-likeness (QED) is 0.474. The molecule has 0 aromatic heterocycles. The second-order valence-corrected chi connectivity index (χ2v) is 5.11. The van der Waals surface area contributed by atoms with Gasteiger partial charge in [-0.15, -0.1) is 0 Å². The molecule has 0 aliphatic heterocycles. The van der Waals surface area contributed by atoms with Gasteiger partial charge in [-0.05, 0) is 32.9 Å². The number of rotatable bonds is 7. The van der Waals surface area contributed by atoms with Crippen LogP contribution in [0.25, 0.3) is 0 Å². The molecule has 0 bridgehead atoms. The molecule has 0 spiro atoms. The molecule has 112 valence electrons. The second-order valence-electron chi connectivity index (χ2n) is 5.11. The van der Waals surface area contributed by atoms with Crippen molar-refractivity contribution < 1.29 is 19.4 Å². The van der Waals surface area contributed by atoms with Crippen molar-refractivity contribution in [2.75, 3.05) is 20.8 Å². The fourth-order valence-electron chi connectivity index (χ4n) is 1.61. The van der Waals surface area contributed by atoms with Crippen molar-refractivity contribution in [2.24, 2.45) is 5.16 Å². The summed E-state index contributed by atoms with van der Waals surface area (Å²) in [6, 6.07) is 5.39. The SMILES string of the molecule is COc1ccc(/C(C)=N/O)c(OCCC(C)(C)OC)c1. The van der Waals surface area contributed by atoms with Crippen molar-refractivity contribution in [1.82, 2.24) is 0 Å². The lowest BCUT2D eigenvalue weighted by atomic mass is 10.1. The number of nitrogens with zero attached hydrogens (tertiary/aromatic N) is 1. The van der Waals surface area contributed by atoms with Gasteiger partial charge in [-0.2, -0.15) is 0 Å². The van der Waals surface area contributed by atoms with Crippen LogP contribution in [0.2, 0.25) is 0 Å². The van der Waals surface area contributed by atoms with Crippen LogP contribution in [-0.2, 0) is 4.74 Å². The maximum atomic E-state index is 8.91. The summed E-state index contributed by atoms with van der Waals surface area (Å²) in [7, 11) is 3.28. The second kappa shape index (κ2) is 7.14. The van der Waals surface area contributed by atoms with Crippen LogP contribution in [0.1, 0.15) is 32.8 Å². The molecule has 1 aromatic carbocycles. The predicted octanol–water partition coefficient (Wildman–Crippen LogP) is 3.09. The van der Waals surface area contributed by atoms with E-state index in [2.05, 4.69) is 5.16 Å². The summed E-state index contributed by atoms with van der Waals surface area (Å²) in [6.07, 6.45) is 0.746. The van der Waals surface area contributed by atoms with Gasteiger partial charge >= 0.3 is 0 Å². The largest absolute Gasteiger partial charge is 0.497 e. The normalized spacial score (nSPS) is 12.3. The van der Waals surface area contributed by atoms with Crippen LogP contribution in [0.3, 0.4) is 0 Å². The molecule has 0 radical (unpaired) electrons. The summed E-state index contributed by atoms with van der Waals surface area (Å²) in [5.41, 5.74) is 0.997. The molecule has 0 fully saturated rings. The molecular weight excluding hydrogens is 258 g/mol. The lowest BCUT2D eigenvalue weighted by Crippen LogP contribution is -2.25. The zero-order chi connectivity index (χ0) is 15.2. The Bertz CT molecular complexity index is 469. The summed E-state index contributed by atoms with van der Waals surface area (Å²) in [4.78, 5) is 0. The number of methoxy groups -OCH3 is 2. The number of hydrogen-bond acceptors (Lipinski definition) is 5. The maximum absolute atomic E-state index is 8.91. The topological polar surface area (TPSA) is 60.3 Å². The molecule has 0 heterocycles. The summed E-state index contributed by atoms with van der Waals surface area (Å²) in [6.45, 7) is 6.22. The van der Waals surface area contributed by atoms with Gasteiger partial charge in [0.25, 0.3) is 0 Å². The summed E-state index contributed by atoms with van der Waals surface area (Å²) in [5.74, 6) is 1.33. The van der Waals surface area contributed by atoms with Crippen molar-refractivity contribution >= 4 is 5.71 Å². The first-order valence-electron chi connectivity index (χ1n) is 6.48. The van der Waals surface area contributed by atoms with E-state index in [1.807, 2.05) is 19.9 Å². The first kappa shape index (κ1) is 16.3. The molecule has 5 nitrogen and oxygen atoms in total. The van der Waals surface area contributed by atoms with E-state index >= 15 is 0 Å². The highest BCUT2D eigenvalue weighted by molar-refractivity contribution is 6.00. The molecule has 0 saturated heterocycles. The minimum Gasteiger partial charge on any atom is -0.497 e. The standard InChI is InChI=1S/C15H23NO4/c1-11(16-17)13-7-6-12(18-4)10-14(13)20-9-8-15(2,3)19-5/h6-7,10,17H,8-9H2,1-5H3/b16-11+. The summed E-state index contributed by atoms with van der Waals surface area (Å²) >= 11 is 0. The van der Waals surface area contributed by atoms with Crippen LogP contribution in [0, 0.1) is 0 Å². The molecule has 0 amide bonds. The molecule has 0 aliphatic carbocycles. The highest BCUT2D eigenvalue weighted by Gasteiger charge is 2.17. The van der Waals surface area contributed by atoms with Crippen molar-refractivity contribution in [3.05, 3.63) is 23.8 Å². The number of oxime groups is 1. The molecule has 0 atom stereocenters. The van der Waals surface area contributed by atoms with Gasteiger partial charge in [0, 0.05) is 25.2 Å². The Morgan fingerprint density at radius 1 is 1.30 bits per heavy atom. The van der Waals surface area contributed by atoms with Crippen LogP contribution in [0.15, 0.2) is 23.4 Å². The van der Waals surface area contributed by atoms with Gasteiger partial charge in [0.2, 0.25) is 0 Å². The zero-order valence-corrected chi connectivity index (χ0v) is 12.8. The van der Waals surface area contributed by atoms with Crippen LogP contribution in [0.5, 0.6) is 11.5 Å². The first-order valence-corrected chi connectivity index (χ1v) is 6.48. The van der Waals surface area contributed by atoms with Crippen molar-refractivity contribution in [1.29, 1.82) is 0 Å². The smallest absolute Gasteiger partial charge is 0.132 e. The minimum atomic E-state index is -0.237. The Morgan fingerprint density at radius 2 is 2.00 bits per heavy atom. The van der Waals surface area contributed by atoms with Gasteiger partial charge in [-0.25, -0.2) is 0 Å². The number of ether oxygens (including phenoxy) is 3. The Kier molecular flexibility index (Phi) is 5.82. The van der Waals surface area contributed by atoms with Gasteiger partial charge in [-0.1, -0.05) is 5.16 Å². The third-order valence-electron chi connectivity index (χ3n) is 3.24. The lowest BCUT2D eigenvalue weighted by Gasteiger charge is -2.23. The Hall–Kier alpha value is -1.75. The molecule has 0 unspecified atom stereocenters. The fourth-order valence-corrected chi connectivity index (χ4v) is 1.61. The van der Waals surface area contributed by atoms with E-state index in [4.69, 9.17) is 19.4 Å². The molecule has 1 aromatic rings. The molecule has 5 heteroatoms. The third kappa shape index (κ3) is 4.42. The Labute approximate surface area is 120 Å². The highest BCUT2D eigenvalue weighted by Crippen LogP contribution is 2.26. The van der Waals surface area contributed by atoms with E-state index in [0.29, 0.717) is 23.8 Å². The fraction of sp³-hybridized carbons (Fsp3) is 0.533. The average Bonchev–Trinajstić information content (AvgIpc) is 2.46. The molecule has 0 saturated carbocycles. The van der Waals surface area contributed by atoms with E-state index in [1.165, 1.54) is 0 Å². The number of benzene rings is 1. The minimum absolute atomic E-state index is 0.237. The lowest BCUT2D eigenvalue weighted by molar-refractivity contribution is 0.00543. The van der Waals surface area contributed by atoms with E-state index in [1.54, 1.807) is 33.3 Å². The van der Waals surface area contributed by atoms with Crippen molar-refractivity contribution in [2.45, 2.75) is 32.8 Å². The monoisotopic (exact) mass is 281 g/mol. The average molecular weight is 281 g/mol. The van der Waals surface area contributed by atoms with E-state index in [0.717, 1.165) is 12.0 Å².